The Morgan fingerprint density at radius 2 is 1.81 bits per heavy atom. The molecule has 1 amide bonds. The molecule has 2 aromatic carbocycles. The van der Waals surface area contributed by atoms with Crippen molar-refractivity contribution in [1.29, 1.82) is 0 Å². The molecule has 0 N–H and O–H groups in total. The quantitative estimate of drug-likeness (QED) is 0.713. The van der Waals surface area contributed by atoms with E-state index in [1.54, 1.807) is 12.1 Å². The second kappa shape index (κ2) is 8.85. The first-order valence-electron chi connectivity index (χ1n) is 9.20. The Morgan fingerprint density at radius 3 is 2.48 bits per heavy atom. The average molecular weight is 407 g/mol. The molecular weight excluding hydrogens is 383 g/mol. The van der Waals surface area contributed by atoms with Gasteiger partial charge in [-0.2, -0.15) is 0 Å². The number of piperazine rings is 1. The van der Waals surface area contributed by atoms with Gasteiger partial charge in [-0.05, 0) is 43.2 Å². The van der Waals surface area contributed by atoms with Crippen LogP contribution in [0.4, 0.5) is 5.69 Å². The molecule has 1 saturated heterocycles. The largest absolute Gasteiger partial charge is 0.479 e. The fraction of sp³-hybridized carbons (Fsp3) is 0.381. The molecule has 0 aromatic heterocycles. The Bertz CT molecular complexity index is 805. The molecule has 0 bridgehead atoms. The van der Waals surface area contributed by atoms with E-state index in [0.29, 0.717) is 30.3 Å². The van der Waals surface area contributed by atoms with E-state index < -0.39 is 6.10 Å². The second-order valence-corrected chi connectivity index (χ2v) is 7.53. The van der Waals surface area contributed by atoms with Crippen LogP contribution in [0.3, 0.4) is 0 Å². The number of benzene rings is 2. The Morgan fingerprint density at radius 1 is 1.11 bits per heavy atom. The Hall–Kier alpha value is -1.91. The van der Waals surface area contributed by atoms with Gasteiger partial charge in [0.15, 0.2) is 6.10 Å². The highest BCUT2D eigenvalue weighted by Crippen LogP contribution is 2.27. The summed E-state index contributed by atoms with van der Waals surface area (Å²) in [5.41, 5.74) is 2.32. The highest BCUT2D eigenvalue weighted by molar-refractivity contribution is 6.32. The van der Waals surface area contributed by atoms with Gasteiger partial charge in [0.2, 0.25) is 0 Å². The number of nitrogens with zero attached hydrogens (tertiary/aromatic N) is 2. The van der Waals surface area contributed by atoms with Gasteiger partial charge in [0.05, 0.1) is 5.02 Å². The van der Waals surface area contributed by atoms with Gasteiger partial charge in [-0.3, -0.25) is 4.79 Å². The van der Waals surface area contributed by atoms with Crippen LogP contribution in [0.1, 0.15) is 18.9 Å². The summed E-state index contributed by atoms with van der Waals surface area (Å²) in [6, 6.07) is 13.2. The highest BCUT2D eigenvalue weighted by Gasteiger charge is 2.28. The number of hydrogen-bond acceptors (Lipinski definition) is 3. The third-order valence-electron chi connectivity index (χ3n) is 4.86. The van der Waals surface area contributed by atoms with Gasteiger partial charge in [-0.15, -0.1) is 0 Å². The molecule has 4 nitrogen and oxygen atoms in total. The molecule has 144 valence electrons. The smallest absolute Gasteiger partial charge is 0.263 e. The van der Waals surface area contributed by atoms with Crippen LogP contribution in [-0.2, 0) is 4.79 Å². The molecule has 0 spiro atoms. The van der Waals surface area contributed by atoms with E-state index in [-0.39, 0.29) is 5.91 Å². The van der Waals surface area contributed by atoms with Crippen LogP contribution in [-0.4, -0.2) is 43.1 Å². The molecule has 3 rings (SSSR count). The number of hydrogen-bond donors (Lipinski definition) is 0. The normalized spacial score (nSPS) is 15.6. The molecule has 1 fully saturated rings. The van der Waals surface area contributed by atoms with Crippen molar-refractivity contribution in [3.05, 3.63) is 58.1 Å². The average Bonchev–Trinajstić information content (AvgIpc) is 2.69. The van der Waals surface area contributed by atoms with Crippen molar-refractivity contribution < 1.29 is 9.53 Å². The van der Waals surface area contributed by atoms with Crippen molar-refractivity contribution in [1.82, 2.24) is 4.90 Å². The molecule has 0 unspecified atom stereocenters. The number of carbonyl (C=O) groups is 1. The number of amides is 1. The van der Waals surface area contributed by atoms with Gasteiger partial charge in [0.1, 0.15) is 5.75 Å². The first kappa shape index (κ1) is 19.8. The van der Waals surface area contributed by atoms with Crippen molar-refractivity contribution in [3.8, 4) is 5.75 Å². The summed E-state index contributed by atoms with van der Waals surface area (Å²) in [5, 5.41) is 1.25. The maximum atomic E-state index is 12.9. The number of halogens is 2. The van der Waals surface area contributed by atoms with Crippen molar-refractivity contribution >= 4 is 34.8 Å². The van der Waals surface area contributed by atoms with Crippen LogP contribution in [0, 0.1) is 6.92 Å². The first-order chi connectivity index (χ1) is 13.0. The molecule has 2 aromatic rings. The van der Waals surface area contributed by atoms with E-state index in [1.165, 1.54) is 5.56 Å². The first-order valence-corrected chi connectivity index (χ1v) is 9.96. The zero-order valence-electron chi connectivity index (χ0n) is 15.6. The third-order valence-corrected chi connectivity index (χ3v) is 5.40. The minimum Gasteiger partial charge on any atom is -0.479 e. The number of rotatable bonds is 5. The zero-order valence-corrected chi connectivity index (χ0v) is 17.1. The Balaban J connectivity index is 1.63. The van der Waals surface area contributed by atoms with Crippen LogP contribution in [0.5, 0.6) is 5.75 Å². The number of ether oxygens (including phenoxy) is 1. The molecule has 0 saturated carbocycles. The van der Waals surface area contributed by atoms with E-state index in [2.05, 4.69) is 11.8 Å². The monoisotopic (exact) mass is 406 g/mol. The van der Waals surface area contributed by atoms with Crippen molar-refractivity contribution in [2.45, 2.75) is 26.4 Å². The molecule has 1 atom stereocenters. The topological polar surface area (TPSA) is 32.8 Å². The molecule has 1 heterocycles. The molecule has 1 aliphatic heterocycles. The Labute approximate surface area is 170 Å². The van der Waals surface area contributed by atoms with Gasteiger partial charge in [0, 0.05) is 36.9 Å². The summed E-state index contributed by atoms with van der Waals surface area (Å²) in [6.07, 6.45) is 0.0712. The lowest BCUT2D eigenvalue weighted by Crippen LogP contribution is -2.52. The lowest BCUT2D eigenvalue weighted by Gasteiger charge is -2.38. The third kappa shape index (κ3) is 4.69. The van der Waals surface area contributed by atoms with Gasteiger partial charge in [-0.25, -0.2) is 0 Å². The molecule has 6 heteroatoms. The molecular formula is C21H24Cl2N2O2. The summed E-state index contributed by atoms with van der Waals surface area (Å²) in [6.45, 7) is 6.89. The van der Waals surface area contributed by atoms with E-state index in [0.717, 1.165) is 23.8 Å². The van der Waals surface area contributed by atoms with Crippen molar-refractivity contribution in [2.75, 3.05) is 31.1 Å². The van der Waals surface area contributed by atoms with Gasteiger partial charge in [-0.1, -0.05) is 48.3 Å². The van der Waals surface area contributed by atoms with Gasteiger partial charge >= 0.3 is 0 Å². The van der Waals surface area contributed by atoms with Gasteiger partial charge < -0.3 is 14.5 Å². The summed E-state index contributed by atoms with van der Waals surface area (Å²) < 4.78 is 5.90. The SMILES string of the molecule is CC[C@H](Oc1ccccc1Cl)C(=O)N1CCN(c2cc(Cl)ccc2C)CC1. The van der Waals surface area contributed by atoms with Crippen LogP contribution >= 0.6 is 23.2 Å². The minimum atomic E-state index is -0.524. The fourth-order valence-electron chi connectivity index (χ4n) is 3.30. The summed E-state index contributed by atoms with van der Waals surface area (Å²) in [7, 11) is 0. The standard InChI is InChI=1S/C21H24Cl2N2O2/c1-3-19(27-20-7-5-4-6-17(20)23)21(26)25-12-10-24(11-13-25)18-14-16(22)9-8-15(18)2/h4-9,14,19H,3,10-13H2,1-2H3/t19-/m0/s1. The lowest BCUT2D eigenvalue weighted by molar-refractivity contribution is -0.139. The van der Waals surface area contributed by atoms with Crippen LogP contribution in [0.25, 0.3) is 0 Å². The fourth-order valence-corrected chi connectivity index (χ4v) is 3.64. The summed E-state index contributed by atoms with van der Waals surface area (Å²) in [5.74, 6) is 0.562. The number of para-hydroxylation sites is 1. The van der Waals surface area contributed by atoms with E-state index in [1.807, 2.05) is 42.2 Å². The maximum Gasteiger partial charge on any atom is 0.263 e. The van der Waals surface area contributed by atoms with E-state index in [4.69, 9.17) is 27.9 Å². The van der Waals surface area contributed by atoms with E-state index in [9.17, 15) is 4.79 Å². The lowest BCUT2D eigenvalue weighted by atomic mass is 10.1. The van der Waals surface area contributed by atoms with Crippen LogP contribution in [0.2, 0.25) is 10.0 Å². The minimum absolute atomic E-state index is 0.0138. The molecule has 27 heavy (non-hydrogen) atoms. The van der Waals surface area contributed by atoms with Crippen LogP contribution < -0.4 is 9.64 Å². The number of anilines is 1. The summed E-state index contributed by atoms with van der Waals surface area (Å²) in [4.78, 5) is 17.1. The summed E-state index contributed by atoms with van der Waals surface area (Å²) >= 11 is 12.3. The van der Waals surface area contributed by atoms with Crippen molar-refractivity contribution in [3.63, 3.8) is 0 Å². The molecule has 1 aliphatic rings. The van der Waals surface area contributed by atoms with Crippen LogP contribution in [0.15, 0.2) is 42.5 Å². The second-order valence-electron chi connectivity index (χ2n) is 6.69. The van der Waals surface area contributed by atoms with Crippen molar-refractivity contribution in [2.24, 2.45) is 0 Å². The molecule has 0 radical (unpaired) electrons. The number of carbonyl (C=O) groups excluding carboxylic acids is 1. The zero-order chi connectivity index (χ0) is 19.4. The predicted octanol–water partition coefficient (Wildman–Crippen LogP) is 4.81. The predicted molar refractivity (Wildman–Crippen MR) is 111 cm³/mol. The van der Waals surface area contributed by atoms with E-state index >= 15 is 0 Å². The highest BCUT2D eigenvalue weighted by atomic mass is 35.5. The molecule has 0 aliphatic carbocycles. The maximum absolute atomic E-state index is 12.9. The number of aryl methyl sites for hydroxylation is 1. The van der Waals surface area contributed by atoms with Gasteiger partial charge in [0.25, 0.3) is 5.91 Å². The Kier molecular flexibility index (Phi) is 6.51.